The number of aromatic nitrogens is 2. The standard InChI is InChI=1S/C13H25N3/c1-9(2)14-7-10(3)8-16-13(6)11(4)12(5)15-16/h9-10,14H,7-8H2,1-6H3. The Bertz CT molecular complexity index is 339. The minimum Gasteiger partial charge on any atom is -0.314 e. The van der Waals surface area contributed by atoms with E-state index in [9.17, 15) is 0 Å². The lowest BCUT2D eigenvalue weighted by Crippen LogP contribution is -2.30. The molecule has 0 spiro atoms. The van der Waals surface area contributed by atoms with Gasteiger partial charge in [-0.05, 0) is 38.8 Å². The van der Waals surface area contributed by atoms with Crippen LogP contribution >= 0.6 is 0 Å². The maximum Gasteiger partial charge on any atom is 0.0625 e. The van der Waals surface area contributed by atoms with Crippen LogP contribution in [0.2, 0.25) is 0 Å². The SMILES string of the molecule is Cc1nn(CC(C)CNC(C)C)c(C)c1C. The molecule has 0 aliphatic rings. The van der Waals surface area contributed by atoms with Crippen LogP contribution < -0.4 is 5.32 Å². The summed E-state index contributed by atoms with van der Waals surface area (Å²) in [5.41, 5.74) is 3.78. The van der Waals surface area contributed by atoms with Crippen LogP contribution in [0.15, 0.2) is 0 Å². The molecular formula is C13H25N3. The van der Waals surface area contributed by atoms with Gasteiger partial charge in [0.1, 0.15) is 0 Å². The molecule has 3 heteroatoms. The van der Waals surface area contributed by atoms with E-state index >= 15 is 0 Å². The molecule has 0 fully saturated rings. The summed E-state index contributed by atoms with van der Waals surface area (Å²) >= 11 is 0. The van der Waals surface area contributed by atoms with Gasteiger partial charge in [0.05, 0.1) is 5.69 Å². The zero-order valence-electron chi connectivity index (χ0n) is 11.5. The van der Waals surface area contributed by atoms with Crippen LogP contribution in [0.1, 0.15) is 37.7 Å². The fraction of sp³-hybridized carbons (Fsp3) is 0.769. The second-order valence-electron chi connectivity index (χ2n) is 5.15. The van der Waals surface area contributed by atoms with Crippen molar-refractivity contribution in [2.45, 2.75) is 54.1 Å². The van der Waals surface area contributed by atoms with Crippen LogP contribution in [0.25, 0.3) is 0 Å². The monoisotopic (exact) mass is 223 g/mol. The average molecular weight is 223 g/mol. The van der Waals surface area contributed by atoms with E-state index in [-0.39, 0.29) is 0 Å². The Morgan fingerprint density at radius 1 is 1.19 bits per heavy atom. The molecule has 0 saturated carbocycles. The van der Waals surface area contributed by atoms with Crippen molar-refractivity contribution in [2.75, 3.05) is 6.54 Å². The number of hydrogen-bond acceptors (Lipinski definition) is 2. The highest BCUT2D eigenvalue weighted by atomic mass is 15.3. The van der Waals surface area contributed by atoms with Gasteiger partial charge in [-0.2, -0.15) is 5.10 Å². The third kappa shape index (κ3) is 3.34. The number of nitrogens with zero attached hydrogens (tertiary/aromatic N) is 2. The van der Waals surface area contributed by atoms with E-state index in [1.807, 2.05) is 0 Å². The van der Waals surface area contributed by atoms with Gasteiger partial charge in [-0.1, -0.05) is 20.8 Å². The van der Waals surface area contributed by atoms with Gasteiger partial charge < -0.3 is 5.32 Å². The molecule has 1 N–H and O–H groups in total. The van der Waals surface area contributed by atoms with Gasteiger partial charge in [-0.3, -0.25) is 4.68 Å². The van der Waals surface area contributed by atoms with Crippen molar-refractivity contribution in [3.63, 3.8) is 0 Å². The zero-order valence-corrected chi connectivity index (χ0v) is 11.5. The molecule has 0 radical (unpaired) electrons. The highest BCUT2D eigenvalue weighted by Gasteiger charge is 2.10. The van der Waals surface area contributed by atoms with Gasteiger partial charge in [0.25, 0.3) is 0 Å². The molecule has 3 nitrogen and oxygen atoms in total. The van der Waals surface area contributed by atoms with Crippen molar-refractivity contribution in [3.05, 3.63) is 17.0 Å². The zero-order chi connectivity index (χ0) is 12.3. The van der Waals surface area contributed by atoms with E-state index in [0.717, 1.165) is 18.8 Å². The van der Waals surface area contributed by atoms with Gasteiger partial charge in [-0.25, -0.2) is 0 Å². The summed E-state index contributed by atoms with van der Waals surface area (Å²) in [6.07, 6.45) is 0. The summed E-state index contributed by atoms with van der Waals surface area (Å²) in [4.78, 5) is 0. The van der Waals surface area contributed by atoms with Crippen LogP contribution in [0.4, 0.5) is 0 Å². The van der Waals surface area contributed by atoms with E-state index in [1.54, 1.807) is 0 Å². The van der Waals surface area contributed by atoms with Crippen LogP contribution in [-0.2, 0) is 6.54 Å². The van der Waals surface area contributed by atoms with Gasteiger partial charge in [0, 0.05) is 18.3 Å². The summed E-state index contributed by atoms with van der Waals surface area (Å²) in [6, 6.07) is 0.560. The Balaban J connectivity index is 2.56. The van der Waals surface area contributed by atoms with Gasteiger partial charge in [0.15, 0.2) is 0 Å². The molecular weight excluding hydrogens is 198 g/mol. The Kier molecular flexibility index (Phi) is 4.54. The highest BCUT2D eigenvalue weighted by Crippen LogP contribution is 2.12. The first-order chi connectivity index (χ1) is 7.41. The molecule has 0 aliphatic carbocycles. The third-order valence-corrected chi connectivity index (χ3v) is 3.10. The van der Waals surface area contributed by atoms with Crippen molar-refractivity contribution >= 4 is 0 Å². The topological polar surface area (TPSA) is 29.9 Å². The maximum absolute atomic E-state index is 4.57. The van der Waals surface area contributed by atoms with Crippen LogP contribution in [-0.4, -0.2) is 22.4 Å². The predicted octanol–water partition coefficient (Wildman–Crippen LogP) is 2.44. The molecule has 1 atom stereocenters. The molecule has 1 rings (SSSR count). The summed E-state index contributed by atoms with van der Waals surface area (Å²) in [7, 11) is 0. The van der Waals surface area contributed by atoms with Crippen molar-refractivity contribution in [3.8, 4) is 0 Å². The van der Waals surface area contributed by atoms with Crippen LogP contribution in [0.3, 0.4) is 0 Å². The Hall–Kier alpha value is -0.830. The summed E-state index contributed by atoms with van der Waals surface area (Å²) < 4.78 is 2.14. The lowest BCUT2D eigenvalue weighted by molar-refractivity contribution is 0.401. The van der Waals surface area contributed by atoms with E-state index in [0.29, 0.717) is 12.0 Å². The smallest absolute Gasteiger partial charge is 0.0625 e. The first-order valence-corrected chi connectivity index (χ1v) is 6.15. The molecule has 1 aromatic rings. The predicted molar refractivity (Wildman–Crippen MR) is 68.7 cm³/mol. The first kappa shape index (κ1) is 13.2. The van der Waals surface area contributed by atoms with E-state index < -0.39 is 0 Å². The van der Waals surface area contributed by atoms with E-state index in [2.05, 4.69) is 56.6 Å². The normalized spacial score (nSPS) is 13.4. The van der Waals surface area contributed by atoms with Crippen molar-refractivity contribution in [2.24, 2.45) is 5.92 Å². The fourth-order valence-corrected chi connectivity index (χ4v) is 1.76. The largest absolute Gasteiger partial charge is 0.314 e. The maximum atomic E-state index is 4.57. The molecule has 0 bridgehead atoms. The van der Waals surface area contributed by atoms with E-state index in [4.69, 9.17) is 0 Å². The number of hydrogen-bond donors (Lipinski definition) is 1. The average Bonchev–Trinajstić information content (AvgIpc) is 2.43. The molecule has 1 aromatic heterocycles. The summed E-state index contributed by atoms with van der Waals surface area (Å²) in [6.45, 7) is 15.1. The lowest BCUT2D eigenvalue weighted by Gasteiger charge is -2.15. The van der Waals surface area contributed by atoms with Gasteiger partial charge in [-0.15, -0.1) is 0 Å². The number of aryl methyl sites for hydroxylation is 1. The number of nitrogens with one attached hydrogen (secondary N) is 1. The van der Waals surface area contributed by atoms with E-state index in [1.165, 1.54) is 11.3 Å². The summed E-state index contributed by atoms with van der Waals surface area (Å²) in [5, 5.41) is 8.03. The van der Waals surface area contributed by atoms with Gasteiger partial charge in [0.2, 0.25) is 0 Å². The van der Waals surface area contributed by atoms with Crippen molar-refractivity contribution in [1.82, 2.24) is 15.1 Å². The molecule has 1 heterocycles. The lowest BCUT2D eigenvalue weighted by atomic mass is 10.1. The number of rotatable bonds is 5. The van der Waals surface area contributed by atoms with Gasteiger partial charge >= 0.3 is 0 Å². The Morgan fingerprint density at radius 3 is 2.25 bits per heavy atom. The second kappa shape index (κ2) is 5.48. The molecule has 92 valence electrons. The first-order valence-electron chi connectivity index (χ1n) is 6.15. The van der Waals surface area contributed by atoms with Crippen molar-refractivity contribution < 1.29 is 0 Å². The summed E-state index contributed by atoms with van der Waals surface area (Å²) in [5.74, 6) is 0.611. The minimum absolute atomic E-state index is 0.560. The fourth-order valence-electron chi connectivity index (χ4n) is 1.76. The Morgan fingerprint density at radius 2 is 1.81 bits per heavy atom. The van der Waals surface area contributed by atoms with Crippen molar-refractivity contribution in [1.29, 1.82) is 0 Å². The quantitative estimate of drug-likeness (QED) is 0.831. The molecule has 0 amide bonds. The molecule has 16 heavy (non-hydrogen) atoms. The highest BCUT2D eigenvalue weighted by molar-refractivity contribution is 5.22. The molecule has 0 saturated heterocycles. The Labute approximate surface area is 99.2 Å². The third-order valence-electron chi connectivity index (χ3n) is 3.10. The second-order valence-corrected chi connectivity index (χ2v) is 5.15. The molecule has 0 aliphatic heterocycles. The van der Waals surface area contributed by atoms with Crippen LogP contribution in [0.5, 0.6) is 0 Å². The molecule has 0 aromatic carbocycles. The van der Waals surface area contributed by atoms with Crippen LogP contribution in [0, 0.1) is 26.7 Å². The molecule has 1 unspecified atom stereocenters. The minimum atomic E-state index is 0.560.